The Balaban J connectivity index is 0.000000188. The van der Waals surface area contributed by atoms with E-state index in [-0.39, 0.29) is 30.3 Å². The van der Waals surface area contributed by atoms with Crippen molar-refractivity contribution in [3.8, 4) is 11.5 Å². The van der Waals surface area contributed by atoms with E-state index >= 15 is 0 Å². The molecule has 0 spiro atoms. The second kappa shape index (κ2) is 10.1. The smallest absolute Gasteiger partial charge is 0.224 e. The summed E-state index contributed by atoms with van der Waals surface area (Å²) in [4.78, 5) is 11.5. The molecule has 1 aromatic rings. The van der Waals surface area contributed by atoms with E-state index in [4.69, 9.17) is 4.74 Å². The van der Waals surface area contributed by atoms with Crippen molar-refractivity contribution in [3.63, 3.8) is 0 Å². The highest BCUT2D eigenvalue weighted by molar-refractivity contribution is 6.06. The van der Waals surface area contributed by atoms with Crippen molar-refractivity contribution < 1.29 is 30.0 Å². The van der Waals surface area contributed by atoms with Gasteiger partial charge in [-0.3, -0.25) is 4.79 Å². The summed E-state index contributed by atoms with van der Waals surface area (Å²) in [5, 5.41) is 40.1. The summed E-state index contributed by atoms with van der Waals surface area (Å²) >= 11 is 0. The van der Waals surface area contributed by atoms with E-state index in [1.807, 2.05) is 0 Å². The lowest BCUT2D eigenvalue weighted by atomic mass is 9.85. The Morgan fingerprint density at radius 1 is 0.973 bits per heavy atom. The van der Waals surface area contributed by atoms with Gasteiger partial charge in [0.15, 0.2) is 17.3 Å². The lowest BCUT2D eigenvalue weighted by Crippen LogP contribution is -2.39. The van der Waals surface area contributed by atoms with Crippen molar-refractivity contribution in [1.82, 2.24) is 0 Å². The van der Waals surface area contributed by atoms with Crippen LogP contribution in [0.2, 0.25) is 0 Å². The molecule has 6 nitrogen and oxygen atoms in total. The van der Waals surface area contributed by atoms with Crippen molar-refractivity contribution in [3.05, 3.63) is 88.0 Å². The van der Waals surface area contributed by atoms with Gasteiger partial charge in [0.25, 0.3) is 0 Å². The van der Waals surface area contributed by atoms with E-state index in [0.29, 0.717) is 27.7 Å². The molecule has 0 fully saturated rings. The number of aliphatic hydroxyl groups is 2. The second-order valence-electron chi connectivity index (χ2n) is 11.1. The largest absolute Gasteiger partial charge is 0.504 e. The maximum Gasteiger partial charge on any atom is 0.224 e. The van der Waals surface area contributed by atoms with Gasteiger partial charge in [0.05, 0.1) is 0 Å². The van der Waals surface area contributed by atoms with Gasteiger partial charge in [0.1, 0.15) is 12.2 Å². The molecule has 0 saturated carbocycles. The van der Waals surface area contributed by atoms with Crippen LogP contribution < -0.4 is 0 Å². The third-order valence-corrected chi connectivity index (χ3v) is 7.25. The van der Waals surface area contributed by atoms with Crippen LogP contribution in [0, 0.1) is 5.41 Å². The van der Waals surface area contributed by atoms with Gasteiger partial charge < -0.3 is 25.2 Å². The minimum atomic E-state index is -1.33. The molecular weight excluding hydrogens is 468 g/mol. The minimum absolute atomic E-state index is 0.0348. The van der Waals surface area contributed by atoms with Crippen LogP contribution in [-0.2, 0) is 16.0 Å². The molecule has 1 aliphatic heterocycles. The molecule has 1 heterocycles. The first-order valence-corrected chi connectivity index (χ1v) is 12.7. The van der Waals surface area contributed by atoms with Gasteiger partial charge in [-0.2, -0.15) is 0 Å². The number of carbonyl (C=O) groups excluding carboxylic acids is 1. The van der Waals surface area contributed by atoms with Crippen molar-refractivity contribution in [1.29, 1.82) is 0 Å². The van der Waals surface area contributed by atoms with Crippen LogP contribution >= 0.6 is 0 Å². The molecule has 1 aromatic carbocycles. The Labute approximate surface area is 218 Å². The van der Waals surface area contributed by atoms with Crippen LogP contribution in [0.4, 0.5) is 0 Å². The van der Waals surface area contributed by atoms with Crippen LogP contribution in [-0.4, -0.2) is 38.4 Å². The molecular formula is C31H36O6. The fourth-order valence-electron chi connectivity index (χ4n) is 5.06. The van der Waals surface area contributed by atoms with Crippen LogP contribution in [0.3, 0.4) is 0 Å². The Morgan fingerprint density at radius 3 is 2.46 bits per heavy atom. The Hall–Kier alpha value is -3.51. The summed E-state index contributed by atoms with van der Waals surface area (Å²) in [6.07, 6.45) is 17.0. The molecule has 5 rings (SSSR count). The SMILES string of the molecule is CC1=CCCC(C)=CCC(C)(C)C=CC1.O=C1C=CC2=C3c4cc(O)c(O)cc4CC3(O)COC2=C1O. The predicted molar refractivity (Wildman–Crippen MR) is 144 cm³/mol. The molecule has 0 saturated heterocycles. The number of aromatic hydroxyl groups is 2. The zero-order valence-electron chi connectivity index (χ0n) is 22.0. The molecule has 1 atom stereocenters. The monoisotopic (exact) mass is 504 g/mol. The predicted octanol–water partition coefficient (Wildman–Crippen LogP) is 6.11. The molecule has 0 amide bonds. The van der Waals surface area contributed by atoms with Gasteiger partial charge in [-0.15, -0.1) is 0 Å². The maximum absolute atomic E-state index is 11.5. The highest BCUT2D eigenvalue weighted by atomic mass is 16.5. The fourth-order valence-corrected chi connectivity index (χ4v) is 5.06. The average Bonchev–Trinajstić information content (AvgIpc) is 3.10. The quantitative estimate of drug-likeness (QED) is 0.251. The van der Waals surface area contributed by atoms with Gasteiger partial charge in [0.2, 0.25) is 11.5 Å². The zero-order valence-corrected chi connectivity index (χ0v) is 22.0. The number of hydrogen-bond donors (Lipinski definition) is 4. The fraction of sp³-hybridized carbons (Fsp3) is 0.387. The number of benzene rings is 1. The topological polar surface area (TPSA) is 107 Å². The van der Waals surface area contributed by atoms with Gasteiger partial charge in [-0.25, -0.2) is 0 Å². The summed E-state index contributed by atoms with van der Waals surface area (Å²) in [7, 11) is 0. The number of hydrogen-bond acceptors (Lipinski definition) is 6. The molecule has 37 heavy (non-hydrogen) atoms. The van der Waals surface area contributed by atoms with E-state index in [1.165, 1.54) is 48.3 Å². The molecule has 0 radical (unpaired) electrons. The first-order chi connectivity index (χ1) is 17.4. The van der Waals surface area contributed by atoms with Crippen molar-refractivity contribution >= 4 is 11.4 Å². The molecule has 0 bridgehead atoms. The van der Waals surface area contributed by atoms with E-state index in [2.05, 4.69) is 52.0 Å². The number of allylic oxidation sites excluding steroid dienone is 8. The van der Waals surface area contributed by atoms with Gasteiger partial charge >= 0.3 is 0 Å². The van der Waals surface area contributed by atoms with Crippen molar-refractivity contribution in [2.24, 2.45) is 5.41 Å². The second-order valence-corrected chi connectivity index (χ2v) is 11.1. The number of carbonyl (C=O) groups is 1. The van der Waals surface area contributed by atoms with E-state index in [1.54, 1.807) is 0 Å². The molecule has 0 aromatic heterocycles. The standard InChI is InChI=1S/C16H12O6.C15H24/c17-10-2-1-8-13-9-4-12(19)11(18)3-7(9)5-16(13,21)6-22-15(8)14(10)20;1-13-7-5-8-14(2)10-12-15(3,4)11-6-9-13/h1-4,18-21H,5-6H2;6-7,10-11H,5,8-9,12H2,1-4H3. The number of phenolic OH excluding ortho intramolecular Hbond substituents is 2. The van der Waals surface area contributed by atoms with Crippen molar-refractivity contribution in [2.45, 2.75) is 65.4 Å². The number of rotatable bonds is 0. The molecule has 4 aliphatic rings. The lowest BCUT2D eigenvalue weighted by Gasteiger charge is -2.33. The van der Waals surface area contributed by atoms with E-state index in [9.17, 15) is 25.2 Å². The highest BCUT2D eigenvalue weighted by Crippen LogP contribution is 2.50. The zero-order chi connectivity index (χ0) is 27.0. The summed E-state index contributed by atoms with van der Waals surface area (Å²) < 4.78 is 5.40. The average molecular weight is 505 g/mol. The Bertz CT molecular complexity index is 1300. The van der Waals surface area contributed by atoms with Gasteiger partial charge in [0, 0.05) is 17.6 Å². The van der Waals surface area contributed by atoms with Crippen LogP contribution in [0.1, 0.15) is 64.5 Å². The van der Waals surface area contributed by atoms with Crippen molar-refractivity contribution in [2.75, 3.05) is 6.61 Å². The number of aliphatic hydroxyl groups excluding tert-OH is 1. The summed E-state index contributed by atoms with van der Waals surface area (Å²) in [5.74, 6) is -1.58. The lowest BCUT2D eigenvalue weighted by molar-refractivity contribution is -0.114. The first-order valence-electron chi connectivity index (χ1n) is 12.7. The summed E-state index contributed by atoms with van der Waals surface area (Å²) in [5.41, 5.74) is 4.14. The van der Waals surface area contributed by atoms with E-state index < -0.39 is 17.1 Å². The van der Waals surface area contributed by atoms with Gasteiger partial charge in [-0.1, -0.05) is 49.3 Å². The molecule has 196 valence electrons. The number of fused-ring (bicyclic) bond motifs is 4. The molecule has 6 heteroatoms. The van der Waals surface area contributed by atoms with Crippen LogP contribution in [0.5, 0.6) is 11.5 Å². The molecule has 3 aliphatic carbocycles. The molecule has 1 unspecified atom stereocenters. The first kappa shape index (κ1) is 26.6. The highest BCUT2D eigenvalue weighted by Gasteiger charge is 2.47. The van der Waals surface area contributed by atoms with Gasteiger partial charge in [-0.05, 0) is 80.4 Å². The summed E-state index contributed by atoms with van der Waals surface area (Å²) in [6.45, 7) is 8.98. The molecule has 4 N–H and O–H groups in total. The number of ketones is 1. The Kier molecular flexibility index (Phi) is 7.24. The third kappa shape index (κ3) is 5.59. The van der Waals surface area contributed by atoms with Crippen LogP contribution in [0.15, 0.2) is 76.8 Å². The maximum atomic E-state index is 11.5. The number of phenols is 2. The summed E-state index contributed by atoms with van der Waals surface area (Å²) in [6, 6.07) is 2.77. The Morgan fingerprint density at radius 2 is 1.70 bits per heavy atom. The number of ether oxygens (including phenoxy) is 1. The minimum Gasteiger partial charge on any atom is -0.504 e. The third-order valence-electron chi connectivity index (χ3n) is 7.25. The van der Waals surface area contributed by atoms with E-state index in [0.717, 1.165) is 12.8 Å². The van der Waals surface area contributed by atoms with Crippen LogP contribution in [0.25, 0.3) is 5.57 Å². The normalized spacial score (nSPS) is 24.5.